The summed E-state index contributed by atoms with van der Waals surface area (Å²) in [7, 11) is 0. The second-order valence-corrected chi connectivity index (χ2v) is 5.04. The van der Waals surface area contributed by atoms with E-state index in [0.717, 1.165) is 36.8 Å². The SMILES string of the molecule is CCc1ccccc1C(=O)N[C@@H]1CCCC[C@H]1N. The van der Waals surface area contributed by atoms with Gasteiger partial charge in [0.1, 0.15) is 0 Å². The Morgan fingerprint density at radius 2 is 2.06 bits per heavy atom. The van der Waals surface area contributed by atoms with Gasteiger partial charge in [0.15, 0.2) is 0 Å². The fraction of sp³-hybridized carbons (Fsp3) is 0.533. The molecule has 0 heterocycles. The minimum Gasteiger partial charge on any atom is -0.348 e. The molecule has 0 unspecified atom stereocenters. The third-order valence-corrected chi connectivity index (χ3v) is 3.78. The van der Waals surface area contributed by atoms with Crippen LogP contribution in [0, 0.1) is 0 Å². The first-order valence-corrected chi connectivity index (χ1v) is 6.86. The van der Waals surface area contributed by atoms with Crippen LogP contribution in [0.25, 0.3) is 0 Å². The van der Waals surface area contributed by atoms with Crippen LogP contribution in [-0.4, -0.2) is 18.0 Å². The summed E-state index contributed by atoms with van der Waals surface area (Å²) >= 11 is 0. The Balaban J connectivity index is 2.07. The molecule has 3 N–H and O–H groups in total. The number of nitrogens with two attached hydrogens (primary N) is 1. The maximum absolute atomic E-state index is 12.3. The zero-order valence-electron chi connectivity index (χ0n) is 11.0. The van der Waals surface area contributed by atoms with E-state index in [1.165, 1.54) is 6.42 Å². The Labute approximate surface area is 109 Å². The molecule has 1 saturated carbocycles. The standard InChI is InChI=1S/C15H22N2O/c1-2-11-7-3-4-8-12(11)15(18)17-14-10-6-5-9-13(14)16/h3-4,7-8,13-14H,2,5-6,9-10,16H2,1H3,(H,17,18)/t13-,14-/m1/s1. The first kappa shape index (κ1) is 13.1. The van der Waals surface area contributed by atoms with Crippen LogP contribution in [0.3, 0.4) is 0 Å². The number of rotatable bonds is 3. The van der Waals surface area contributed by atoms with Gasteiger partial charge in [-0.3, -0.25) is 4.79 Å². The summed E-state index contributed by atoms with van der Waals surface area (Å²) in [6.07, 6.45) is 5.23. The molecule has 18 heavy (non-hydrogen) atoms. The molecule has 98 valence electrons. The van der Waals surface area contributed by atoms with Gasteiger partial charge in [0.05, 0.1) is 0 Å². The molecule has 1 aromatic carbocycles. The van der Waals surface area contributed by atoms with Crippen molar-refractivity contribution in [2.75, 3.05) is 0 Å². The number of carbonyl (C=O) groups excluding carboxylic acids is 1. The Kier molecular flexibility index (Phi) is 4.37. The predicted octanol–water partition coefficient (Wildman–Crippen LogP) is 2.25. The lowest BCUT2D eigenvalue weighted by Gasteiger charge is -2.29. The summed E-state index contributed by atoms with van der Waals surface area (Å²) < 4.78 is 0. The lowest BCUT2D eigenvalue weighted by Crippen LogP contribution is -2.49. The van der Waals surface area contributed by atoms with Crippen LogP contribution in [0.5, 0.6) is 0 Å². The van der Waals surface area contributed by atoms with Gasteiger partial charge in [-0.2, -0.15) is 0 Å². The topological polar surface area (TPSA) is 55.1 Å². The monoisotopic (exact) mass is 246 g/mol. The molecule has 0 aromatic heterocycles. The van der Waals surface area contributed by atoms with Gasteiger partial charge in [0, 0.05) is 17.6 Å². The van der Waals surface area contributed by atoms with Gasteiger partial charge >= 0.3 is 0 Å². The van der Waals surface area contributed by atoms with Crippen LogP contribution in [0.15, 0.2) is 24.3 Å². The number of aryl methyl sites for hydroxylation is 1. The first-order chi connectivity index (χ1) is 8.72. The summed E-state index contributed by atoms with van der Waals surface area (Å²) in [6, 6.07) is 8.03. The van der Waals surface area contributed by atoms with Gasteiger partial charge in [-0.15, -0.1) is 0 Å². The van der Waals surface area contributed by atoms with Crippen molar-refractivity contribution in [3.8, 4) is 0 Å². The second-order valence-electron chi connectivity index (χ2n) is 5.04. The van der Waals surface area contributed by atoms with Crippen molar-refractivity contribution in [2.24, 2.45) is 5.73 Å². The minimum atomic E-state index is 0.0230. The largest absolute Gasteiger partial charge is 0.348 e. The van der Waals surface area contributed by atoms with Gasteiger partial charge in [-0.25, -0.2) is 0 Å². The summed E-state index contributed by atoms with van der Waals surface area (Å²) in [6.45, 7) is 2.07. The van der Waals surface area contributed by atoms with E-state index in [4.69, 9.17) is 5.73 Å². The molecule has 2 atom stereocenters. The molecule has 0 spiro atoms. The lowest BCUT2D eigenvalue weighted by molar-refractivity contribution is 0.0920. The molecular formula is C15H22N2O. The number of nitrogens with one attached hydrogen (secondary N) is 1. The van der Waals surface area contributed by atoms with E-state index in [1.54, 1.807) is 0 Å². The summed E-state index contributed by atoms with van der Waals surface area (Å²) in [5.41, 5.74) is 7.95. The molecule has 1 amide bonds. The quantitative estimate of drug-likeness (QED) is 0.859. The molecule has 3 heteroatoms. The molecule has 2 rings (SSSR count). The van der Waals surface area contributed by atoms with Crippen molar-refractivity contribution < 1.29 is 4.79 Å². The number of carbonyl (C=O) groups is 1. The van der Waals surface area contributed by atoms with E-state index in [9.17, 15) is 4.79 Å². The van der Waals surface area contributed by atoms with E-state index in [1.807, 2.05) is 24.3 Å². The van der Waals surface area contributed by atoms with Gasteiger partial charge in [0.25, 0.3) is 5.91 Å². The number of amides is 1. The van der Waals surface area contributed by atoms with Crippen molar-refractivity contribution in [3.05, 3.63) is 35.4 Å². The fourth-order valence-electron chi connectivity index (χ4n) is 2.64. The van der Waals surface area contributed by atoms with Crippen LogP contribution < -0.4 is 11.1 Å². The van der Waals surface area contributed by atoms with E-state index in [2.05, 4.69) is 12.2 Å². The summed E-state index contributed by atoms with van der Waals surface area (Å²) in [4.78, 5) is 12.3. The zero-order chi connectivity index (χ0) is 13.0. The van der Waals surface area contributed by atoms with Crippen LogP contribution in [0.1, 0.15) is 48.5 Å². The zero-order valence-corrected chi connectivity index (χ0v) is 11.0. The average molecular weight is 246 g/mol. The molecule has 1 aromatic rings. The van der Waals surface area contributed by atoms with Gasteiger partial charge in [-0.05, 0) is 30.9 Å². The normalized spacial score (nSPS) is 23.7. The molecule has 0 aliphatic heterocycles. The average Bonchev–Trinajstić information content (AvgIpc) is 2.41. The Bertz CT molecular complexity index is 417. The molecule has 3 nitrogen and oxygen atoms in total. The number of hydrogen-bond acceptors (Lipinski definition) is 2. The van der Waals surface area contributed by atoms with Crippen molar-refractivity contribution in [3.63, 3.8) is 0 Å². The molecule has 0 radical (unpaired) electrons. The highest BCUT2D eigenvalue weighted by Crippen LogP contribution is 2.18. The maximum atomic E-state index is 12.3. The van der Waals surface area contributed by atoms with Gasteiger partial charge in [-0.1, -0.05) is 38.0 Å². The molecule has 1 aliphatic carbocycles. The van der Waals surface area contributed by atoms with Crippen molar-refractivity contribution in [2.45, 2.75) is 51.1 Å². The van der Waals surface area contributed by atoms with Crippen molar-refractivity contribution in [1.82, 2.24) is 5.32 Å². The summed E-state index contributed by atoms with van der Waals surface area (Å²) in [5, 5.41) is 3.10. The third kappa shape index (κ3) is 2.91. The fourth-order valence-corrected chi connectivity index (χ4v) is 2.64. The van der Waals surface area contributed by atoms with E-state index < -0.39 is 0 Å². The maximum Gasteiger partial charge on any atom is 0.251 e. The van der Waals surface area contributed by atoms with Crippen LogP contribution in [-0.2, 0) is 6.42 Å². The Morgan fingerprint density at radius 3 is 2.78 bits per heavy atom. The summed E-state index contributed by atoms with van der Waals surface area (Å²) in [5.74, 6) is 0.0230. The molecule has 0 bridgehead atoms. The highest BCUT2D eigenvalue weighted by atomic mass is 16.1. The van der Waals surface area contributed by atoms with Crippen LogP contribution >= 0.6 is 0 Å². The first-order valence-electron chi connectivity index (χ1n) is 6.86. The van der Waals surface area contributed by atoms with E-state index in [0.29, 0.717) is 0 Å². The Morgan fingerprint density at radius 1 is 1.33 bits per heavy atom. The van der Waals surface area contributed by atoms with E-state index >= 15 is 0 Å². The highest BCUT2D eigenvalue weighted by Gasteiger charge is 2.24. The minimum absolute atomic E-state index is 0.0230. The molecular weight excluding hydrogens is 224 g/mol. The van der Waals surface area contributed by atoms with Crippen molar-refractivity contribution >= 4 is 5.91 Å². The lowest BCUT2D eigenvalue weighted by atomic mass is 9.90. The molecule has 0 saturated heterocycles. The third-order valence-electron chi connectivity index (χ3n) is 3.78. The number of benzene rings is 1. The van der Waals surface area contributed by atoms with E-state index in [-0.39, 0.29) is 18.0 Å². The smallest absolute Gasteiger partial charge is 0.251 e. The molecule has 1 aliphatic rings. The predicted molar refractivity (Wildman–Crippen MR) is 73.5 cm³/mol. The van der Waals surface area contributed by atoms with Crippen LogP contribution in [0.2, 0.25) is 0 Å². The van der Waals surface area contributed by atoms with Crippen LogP contribution in [0.4, 0.5) is 0 Å². The van der Waals surface area contributed by atoms with Gasteiger partial charge < -0.3 is 11.1 Å². The number of hydrogen-bond donors (Lipinski definition) is 2. The second kappa shape index (κ2) is 6.01. The Hall–Kier alpha value is -1.35. The highest BCUT2D eigenvalue weighted by molar-refractivity contribution is 5.95. The molecule has 1 fully saturated rings. The van der Waals surface area contributed by atoms with Crippen molar-refractivity contribution in [1.29, 1.82) is 0 Å². The van der Waals surface area contributed by atoms with Gasteiger partial charge in [0.2, 0.25) is 0 Å².